The van der Waals surface area contributed by atoms with Crippen molar-refractivity contribution in [3.05, 3.63) is 57.7 Å². The van der Waals surface area contributed by atoms with E-state index in [9.17, 15) is 4.79 Å². The Bertz CT molecular complexity index is 1120. The Morgan fingerprint density at radius 2 is 1.83 bits per heavy atom. The van der Waals surface area contributed by atoms with Gasteiger partial charge >= 0.3 is 0 Å². The summed E-state index contributed by atoms with van der Waals surface area (Å²) >= 11 is 3.48. The summed E-state index contributed by atoms with van der Waals surface area (Å²) in [4.78, 5) is 12.9. The smallest absolute Gasteiger partial charge is 0.272 e. The van der Waals surface area contributed by atoms with E-state index in [0.717, 1.165) is 45.4 Å². The number of benzene rings is 2. The first-order valence-electron chi connectivity index (χ1n) is 9.53. The van der Waals surface area contributed by atoms with Gasteiger partial charge in [-0.25, -0.2) is 4.68 Å². The highest BCUT2D eigenvalue weighted by Gasteiger charge is 2.34. The summed E-state index contributed by atoms with van der Waals surface area (Å²) in [6.45, 7) is 0. The van der Waals surface area contributed by atoms with Gasteiger partial charge in [0.15, 0.2) is 17.2 Å². The zero-order chi connectivity index (χ0) is 20.1. The van der Waals surface area contributed by atoms with Crippen LogP contribution in [0.4, 0.5) is 0 Å². The third-order valence-electron chi connectivity index (χ3n) is 5.41. The number of ether oxygens (including phenoxy) is 2. The van der Waals surface area contributed by atoms with Crippen LogP contribution in [-0.2, 0) is 6.42 Å². The first-order chi connectivity index (χ1) is 14.1. The molecular weight excluding hydrogens is 434 g/mol. The van der Waals surface area contributed by atoms with Crippen molar-refractivity contribution in [2.24, 2.45) is 0 Å². The van der Waals surface area contributed by atoms with Crippen LogP contribution in [0, 0.1) is 0 Å². The van der Waals surface area contributed by atoms with E-state index >= 15 is 0 Å². The quantitative estimate of drug-likeness (QED) is 0.493. The minimum absolute atomic E-state index is 0.105. The van der Waals surface area contributed by atoms with Crippen LogP contribution in [0.3, 0.4) is 0 Å². The number of carbonyl (C=O) groups excluding carboxylic acids is 1. The van der Waals surface area contributed by atoms with Crippen molar-refractivity contribution in [1.29, 1.82) is 0 Å². The lowest BCUT2D eigenvalue weighted by atomic mass is 10.1. The Labute approximate surface area is 177 Å². The fraction of sp³-hybridized carbons (Fsp3) is 0.273. The van der Waals surface area contributed by atoms with Crippen LogP contribution >= 0.6 is 15.9 Å². The van der Waals surface area contributed by atoms with Crippen molar-refractivity contribution in [3.8, 4) is 28.4 Å². The topological polar surface area (TPSA) is 65.4 Å². The van der Waals surface area contributed by atoms with Gasteiger partial charge in [-0.05, 0) is 54.8 Å². The summed E-state index contributed by atoms with van der Waals surface area (Å²) in [6, 6.07) is 12.1. The van der Waals surface area contributed by atoms with Gasteiger partial charge in [0.2, 0.25) is 0 Å². The van der Waals surface area contributed by atoms with Crippen molar-refractivity contribution in [2.75, 3.05) is 14.2 Å². The molecule has 0 unspecified atom stereocenters. The molecule has 0 aliphatic heterocycles. The van der Waals surface area contributed by atoms with Gasteiger partial charge in [-0.3, -0.25) is 4.79 Å². The van der Waals surface area contributed by atoms with E-state index in [1.807, 2.05) is 41.1 Å². The molecule has 0 bridgehead atoms. The summed E-state index contributed by atoms with van der Waals surface area (Å²) in [5.41, 5.74) is 5.38. The Morgan fingerprint density at radius 1 is 1.14 bits per heavy atom. The SMILES string of the molecule is COc1cc2c(cc1OC)-c1c(c(C(=O)NC3CC3)nn1-c1ccc(Br)cc1)C2. The average Bonchev–Trinajstić information content (AvgIpc) is 3.35. The summed E-state index contributed by atoms with van der Waals surface area (Å²) in [6.07, 6.45) is 2.71. The van der Waals surface area contributed by atoms with Crippen molar-refractivity contribution in [1.82, 2.24) is 15.1 Å². The molecule has 1 N–H and O–H groups in total. The number of nitrogens with one attached hydrogen (secondary N) is 1. The van der Waals surface area contributed by atoms with Gasteiger partial charge in [0, 0.05) is 28.1 Å². The maximum atomic E-state index is 12.9. The van der Waals surface area contributed by atoms with E-state index < -0.39 is 0 Å². The van der Waals surface area contributed by atoms with Gasteiger partial charge in [-0.2, -0.15) is 5.10 Å². The Morgan fingerprint density at radius 3 is 2.48 bits per heavy atom. The van der Waals surface area contributed by atoms with E-state index in [0.29, 0.717) is 23.6 Å². The molecule has 0 radical (unpaired) electrons. The van der Waals surface area contributed by atoms with Crippen molar-refractivity contribution < 1.29 is 14.3 Å². The largest absolute Gasteiger partial charge is 0.493 e. The van der Waals surface area contributed by atoms with Crippen LogP contribution in [0.5, 0.6) is 11.5 Å². The highest BCUT2D eigenvalue weighted by atomic mass is 79.9. The van der Waals surface area contributed by atoms with Crippen molar-refractivity contribution in [3.63, 3.8) is 0 Å². The summed E-state index contributed by atoms with van der Waals surface area (Å²) in [7, 11) is 3.26. The molecule has 0 spiro atoms. The lowest BCUT2D eigenvalue weighted by Crippen LogP contribution is -2.26. The molecule has 1 saturated carbocycles. The standard InChI is InChI=1S/C22H20BrN3O3/c1-28-18-10-12-9-17-20(22(27)24-14-5-6-14)25-26(15-7-3-13(23)4-8-15)21(17)16(12)11-19(18)29-2/h3-4,7-8,10-11,14H,5-6,9H2,1-2H3,(H,24,27). The van der Waals surface area contributed by atoms with Gasteiger partial charge in [-0.15, -0.1) is 0 Å². The van der Waals surface area contributed by atoms with Crippen LogP contribution in [0.2, 0.25) is 0 Å². The van der Waals surface area contributed by atoms with E-state index in [-0.39, 0.29) is 11.9 Å². The van der Waals surface area contributed by atoms with Gasteiger partial charge in [0.1, 0.15) is 0 Å². The number of hydrogen-bond acceptors (Lipinski definition) is 4. The molecule has 2 aliphatic rings. The molecule has 1 heterocycles. The molecule has 6 nitrogen and oxygen atoms in total. The number of nitrogens with zero attached hydrogens (tertiary/aromatic N) is 2. The monoisotopic (exact) mass is 453 g/mol. The van der Waals surface area contributed by atoms with Crippen LogP contribution in [0.1, 0.15) is 34.5 Å². The van der Waals surface area contributed by atoms with Gasteiger partial charge < -0.3 is 14.8 Å². The molecular formula is C22H20BrN3O3. The number of methoxy groups -OCH3 is 2. The summed E-state index contributed by atoms with van der Waals surface area (Å²) < 4.78 is 13.8. The minimum Gasteiger partial charge on any atom is -0.493 e. The Hall–Kier alpha value is -2.80. The minimum atomic E-state index is -0.105. The van der Waals surface area contributed by atoms with Gasteiger partial charge in [0.05, 0.1) is 25.6 Å². The highest BCUT2D eigenvalue weighted by molar-refractivity contribution is 9.10. The first-order valence-corrected chi connectivity index (χ1v) is 10.3. The van der Waals surface area contributed by atoms with Crippen molar-refractivity contribution in [2.45, 2.75) is 25.3 Å². The predicted molar refractivity (Wildman–Crippen MR) is 113 cm³/mol. The summed E-state index contributed by atoms with van der Waals surface area (Å²) in [5.74, 6) is 1.24. The molecule has 2 aliphatic carbocycles. The fourth-order valence-electron chi connectivity index (χ4n) is 3.81. The van der Waals surface area contributed by atoms with Crippen LogP contribution < -0.4 is 14.8 Å². The van der Waals surface area contributed by atoms with E-state index in [4.69, 9.17) is 14.6 Å². The molecule has 148 valence electrons. The number of fused-ring (bicyclic) bond motifs is 3. The van der Waals surface area contributed by atoms with Crippen LogP contribution in [0.15, 0.2) is 40.9 Å². The maximum absolute atomic E-state index is 12.9. The van der Waals surface area contributed by atoms with Crippen LogP contribution in [0.25, 0.3) is 16.9 Å². The lowest BCUT2D eigenvalue weighted by molar-refractivity contribution is 0.0945. The third-order valence-corrected chi connectivity index (χ3v) is 5.94. The molecule has 29 heavy (non-hydrogen) atoms. The third kappa shape index (κ3) is 3.09. The van der Waals surface area contributed by atoms with E-state index in [1.165, 1.54) is 0 Å². The van der Waals surface area contributed by atoms with Gasteiger partial charge in [-0.1, -0.05) is 15.9 Å². The zero-order valence-corrected chi connectivity index (χ0v) is 17.7. The number of hydrogen-bond donors (Lipinski definition) is 1. The second-order valence-electron chi connectivity index (χ2n) is 7.35. The Kier molecular flexibility index (Phi) is 4.35. The number of carbonyl (C=O) groups is 1. The molecule has 1 fully saturated rings. The number of halogens is 1. The van der Waals surface area contributed by atoms with Crippen molar-refractivity contribution >= 4 is 21.8 Å². The van der Waals surface area contributed by atoms with E-state index in [1.54, 1.807) is 14.2 Å². The second-order valence-corrected chi connectivity index (χ2v) is 8.27. The van der Waals surface area contributed by atoms with Gasteiger partial charge in [0.25, 0.3) is 5.91 Å². The zero-order valence-electron chi connectivity index (χ0n) is 16.2. The normalized spacial score (nSPS) is 14.3. The Balaban J connectivity index is 1.69. The molecule has 3 aromatic rings. The molecule has 0 atom stereocenters. The maximum Gasteiger partial charge on any atom is 0.272 e. The average molecular weight is 454 g/mol. The van der Waals surface area contributed by atoms with Crippen LogP contribution in [-0.4, -0.2) is 35.9 Å². The predicted octanol–water partition coefficient (Wildman–Crippen LogP) is 4.12. The number of aromatic nitrogens is 2. The number of rotatable bonds is 5. The number of amides is 1. The highest BCUT2D eigenvalue weighted by Crippen LogP contribution is 2.44. The fourth-order valence-corrected chi connectivity index (χ4v) is 4.07. The molecule has 2 aromatic carbocycles. The molecule has 5 rings (SSSR count). The van der Waals surface area contributed by atoms with E-state index in [2.05, 4.69) is 21.2 Å². The molecule has 7 heteroatoms. The lowest BCUT2D eigenvalue weighted by Gasteiger charge is -2.12. The molecule has 1 amide bonds. The first kappa shape index (κ1) is 18.2. The molecule has 1 aromatic heterocycles. The summed E-state index contributed by atoms with van der Waals surface area (Å²) in [5, 5.41) is 7.80. The molecule has 0 saturated heterocycles. The second kappa shape index (κ2) is 6.91.